The van der Waals surface area contributed by atoms with E-state index in [0.717, 1.165) is 0 Å². The van der Waals surface area contributed by atoms with Crippen LogP contribution < -0.4 is 10.5 Å². The number of hydrogen-bond donors (Lipinski definition) is 2. The van der Waals surface area contributed by atoms with Gasteiger partial charge in [0.05, 0.1) is 11.8 Å². The number of nitrogens with two attached hydrogens (primary N) is 1. The number of rotatable bonds is 5. The van der Waals surface area contributed by atoms with E-state index in [1.165, 1.54) is 35.4 Å². The van der Waals surface area contributed by atoms with Crippen LogP contribution >= 0.6 is 0 Å². The minimum absolute atomic E-state index is 0.00248. The SMILES string of the molecule is CC(C)n1cc(S(=O)(=O)Nc2ncccc2C(N)=O)cn1. The third-order valence-corrected chi connectivity index (χ3v) is 4.01. The second kappa shape index (κ2) is 5.52. The number of sulfonamides is 1. The van der Waals surface area contributed by atoms with Crippen molar-refractivity contribution in [2.24, 2.45) is 5.73 Å². The molecule has 0 saturated heterocycles. The predicted octanol–water partition coefficient (Wildman–Crippen LogP) is 0.759. The molecule has 0 aliphatic rings. The Labute approximate surface area is 122 Å². The van der Waals surface area contributed by atoms with Gasteiger partial charge in [0.15, 0.2) is 5.82 Å². The van der Waals surface area contributed by atoms with Crippen LogP contribution in [-0.4, -0.2) is 29.1 Å². The largest absolute Gasteiger partial charge is 0.365 e. The Bertz CT molecular complexity index is 767. The molecule has 2 aromatic heterocycles. The minimum Gasteiger partial charge on any atom is -0.365 e. The fourth-order valence-electron chi connectivity index (χ4n) is 1.61. The van der Waals surface area contributed by atoms with E-state index in [1.807, 2.05) is 13.8 Å². The highest BCUT2D eigenvalue weighted by Crippen LogP contribution is 2.18. The lowest BCUT2D eigenvalue weighted by Crippen LogP contribution is -2.19. The van der Waals surface area contributed by atoms with Crippen molar-refractivity contribution in [3.63, 3.8) is 0 Å². The predicted molar refractivity (Wildman–Crippen MR) is 76.2 cm³/mol. The van der Waals surface area contributed by atoms with Gasteiger partial charge in [-0.3, -0.25) is 14.2 Å². The maximum atomic E-state index is 12.3. The van der Waals surface area contributed by atoms with Gasteiger partial charge in [-0.05, 0) is 26.0 Å². The van der Waals surface area contributed by atoms with Crippen LogP contribution in [0.5, 0.6) is 0 Å². The van der Waals surface area contributed by atoms with Crippen LogP contribution in [0.1, 0.15) is 30.2 Å². The first kappa shape index (κ1) is 15.0. The summed E-state index contributed by atoms with van der Waals surface area (Å²) in [6, 6.07) is 2.92. The third-order valence-electron chi connectivity index (χ3n) is 2.72. The Balaban J connectivity index is 2.35. The quantitative estimate of drug-likeness (QED) is 0.844. The molecule has 21 heavy (non-hydrogen) atoms. The number of amides is 1. The van der Waals surface area contributed by atoms with Crippen molar-refractivity contribution in [2.45, 2.75) is 24.8 Å². The zero-order valence-electron chi connectivity index (χ0n) is 11.5. The molecule has 1 amide bonds. The van der Waals surface area contributed by atoms with E-state index in [2.05, 4.69) is 14.8 Å². The number of nitrogens with zero attached hydrogens (tertiary/aromatic N) is 3. The maximum Gasteiger partial charge on any atom is 0.266 e. The van der Waals surface area contributed by atoms with Gasteiger partial charge in [0, 0.05) is 18.4 Å². The molecule has 0 radical (unpaired) electrons. The lowest BCUT2D eigenvalue weighted by atomic mass is 10.2. The second-order valence-electron chi connectivity index (χ2n) is 4.62. The summed E-state index contributed by atoms with van der Waals surface area (Å²) in [7, 11) is -3.89. The Kier molecular flexibility index (Phi) is 3.94. The second-order valence-corrected chi connectivity index (χ2v) is 6.30. The summed E-state index contributed by atoms with van der Waals surface area (Å²) in [4.78, 5) is 15.1. The maximum absolute atomic E-state index is 12.3. The molecule has 0 bridgehead atoms. The standard InChI is InChI=1S/C12H15N5O3S/c1-8(2)17-7-9(6-15-17)21(19,20)16-12-10(11(13)18)4-3-5-14-12/h3-8H,1-2H3,(H2,13,18)(H,14,16). The molecule has 0 aliphatic carbocycles. The number of carbonyl (C=O) groups is 1. The van der Waals surface area contributed by atoms with Gasteiger partial charge in [0.2, 0.25) is 0 Å². The average Bonchev–Trinajstić information content (AvgIpc) is 2.89. The van der Waals surface area contributed by atoms with E-state index in [9.17, 15) is 13.2 Å². The van der Waals surface area contributed by atoms with E-state index >= 15 is 0 Å². The van der Waals surface area contributed by atoms with Crippen molar-refractivity contribution >= 4 is 21.7 Å². The molecule has 9 heteroatoms. The highest BCUT2D eigenvalue weighted by Gasteiger charge is 2.20. The van der Waals surface area contributed by atoms with Gasteiger partial charge >= 0.3 is 0 Å². The molecule has 8 nitrogen and oxygen atoms in total. The molecule has 3 N–H and O–H groups in total. The number of aromatic nitrogens is 3. The molecule has 0 unspecified atom stereocenters. The number of pyridine rings is 1. The summed E-state index contributed by atoms with van der Waals surface area (Å²) in [5.41, 5.74) is 5.18. The molecular weight excluding hydrogens is 294 g/mol. The zero-order chi connectivity index (χ0) is 15.6. The van der Waals surface area contributed by atoms with Gasteiger partial charge in [0.25, 0.3) is 15.9 Å². The van der Waals surface area contributed by atoms with Crippen LogP contribution in [-0.2, 0) is 10.0 Å². The molecule has 0 saturated carbocycles. The van der Waals surface area contributed by atoms with Crippen molar-refractivity contribution < 1.29 is 13.2 Å². The van der Waals surface area contributed by atoms with Crippen LogP contribution in [0.4, 0.5) is 5.82 Å². The van der Waals surface area contributed by atoms with E-state index in [-0.39, 0.29) is 22.3 Å². The Hall–Kier alpha value is -2.42. The fourth-order valence-corrected chi connectivity index (χ4v) is 2.58. The van der Waals surface area contributed by atoms with E-state index in [1.54, 1.807) is 0 Å². The van der Waals surface area contributed by atoms with Gasteiger partial charge in [-0.25, -0.2) is 13.4 Å². The summed E-state index contributed by atoms with van der Waals surface area (Å²) in [6.45, 7) is 3.75. The van der Waals surface area contributed by atoms with Crippen LogP contribution in [0.2, 0.25) is 0 Å². The normalized spacial score (nSPS) is 11.6. The number of hydrogen-bond acceptors (Lipinski definition) is 5. The highest BCUT2D eigenvalue weighted by molar-refractivity contribution is 7.92. The number of carbonyl (C=O) groups excluding carboxylic acids is 1. The first-order valence-corrected chi connectivity index (χ1v) is 7.61. The minimum atomic E-state index is -3.89. The molecule has 112 valence electrons. The third kappa shape index (κ3) is 3.19. The molecule has 2 aromatic rings. The zero-order valence-corrected chi connectivity index (χ0v) is 12.3. The first-order valence-electron chi connectivity index (χ1n) is 6.13. The van der Waals surface area contributed by atoms with Crippen LogP contribution in [0.15, 0.2) is 35.6 Å². The highest BCUT2D eigenvalue weighted by atomic mass is 32.2. The molecule has 0 fully saturated rings. The van der Waals surface area contributed by atoms with Crippen molar-refractivity contribution in [1.82, 2.24) is 14.8 Å². The van der Waals surface area contributed by atoms with Gasteiger partial charge in [0.1, 0.15) is 4.90 Å². The Morgan fingerprint density at radius 1 is 1.43 bits per heavy atom. The number of primary amides is 1. The molecule has 0 aliphatic heterocycles. The Morgan fingerprint density at radius 2 is 2.14 bits per heavy atom. The van der Waals surface area contributed by atoms with Crippen molar-refractivity contribution in [3.8, 4) is 0 Å². The lowest BCUT2D eigenvalue weighted by molar-refractivity contribution is 0.100. The van der Waals surface area contributed by atoms with Crippen LogP contribution in [0.25, 0.3) is 0 Å². The van der Waals surface area contributed by atoms with Crippen molar-refractivity contribution in [2.75, 3.05) is 4.72 Å². The van der Waals surface area contributed by atoms with Crippen molar-refractivity contribution in [1.29, 1.82) is 0 Å². The average molecular weight is 309 g/mol. The van der Waals surface area contributed by atoms with Gasteiger partial charge in [-0.15, -0.1) is 0 Å². The van der Waals surface area contributed by atoms with Gasteiger partial charge in [-0.2, -0.15) is 5.10 Å². The monoisotopic (exact) mass is 309 g/mol. The Morgan fingerprint density at radius 3 is 2.71 bits per heavy atom. The molecule has 2 rings (SSSR count). The van der Waals surface area contributed by atoms with E-state index < -0.39 is 15.9 Å². The summed E-state index contributed by atoms with van der Waals surface area (Å²) >= 11 is 0. The molecule has 0 atom stereocenters. The van der Waals surface area contributed by atoms with Crippen LogP contribution in [0, 0.1) is 0 Å². The molecule has 2 heterocycles. The number of anilines is 1. The summed E-state index contributed by atoms with van der Waals surface area (Å²) < 4.78 is 28.3. The molecule has 0 spiro atoms. The summed E-state index contributed by atoms with van der Waals surface area (Å²) in [6.07, 6.45) is 4.00. The van der Waals surface area contributed by atoms with Gasteiger partial charge in [-0.1, -0.05) is 0 Å². The molecular formula is C12H15N5O3S. The summed E-state index contributed by atoms with van der Waals surface area (Å²) in [5.74, 6) is -0.874. The van der Waals surface area contributed by atoms with E-state index in [4.69, 9.17) is 5.73 Å². The van der Waals surface area contributed by atoms with Crippen molar-refractivity contribution in [3.05, 3.63) is 36.3 Å². The van der Waals surface area contributed by atoms with Crippen LogP contribution in [0.3, 0.4) is 0 Å². The smallest absolute Gasteiger partial charge is 0.266 e. The van der Waals surface area contributed by atoms with E-state index in [0.29, 0.717) is 0 Å². The van der Waals surface area contributed by atoms with Gasteiger partial charge < -0.3 is 5.73 Å². The first-order chi connectivity index (χ1) is 9.81. The summed E-state index contributed by atoms with van der Waals surface area (Å²) in [5, 5.41) is 3.97. The fraction of sp³-hybridized carbons (Fsp3) is 0.250. The molecule has 0 aromatic carbocycles. The number of nitrogens with one attached hydrogen (secondary N) is 1. The lowest BCUT2D eigenvalue weighted by Gasteiger charge is -2.08. The topological polar surface area (TPSA) is 120 Å².